The topological polar surface area (TPSA) is 17.1 Å². The Bertz CT molecular complexity index is 417. The van der Waals surface area contributed by atoms with Gasteiger partial charge in [-0.3, -0.25) is 4.79 Å². The second-order valence-electron chi connectivity index (χ2n) is 2.49. The molecule has 0 amide bonds. The Morgan fingerprint density at radius 1 is 1.31 bits per heavy atom. The van der Waals surface area contributed by atoms with Crippen molar-refractivity contribution in [3.63, 3.8) is 0 Å². The summed E-state index contributed by atoms with van der Waals surface area (Å²) in [6.07, 6.45) is 0. The van der Waals surface area contributed by atoms with E-state index in [1.54, 1.807) is 11.3 Å². The van der Waals surface area contributed by atoms with Gasteiger partial charge >= 0.3 is 0 Å². The molecule has 0 saturated carbocycles. The zero-order valence-electron chi connectivity index (χ0n) is 6.49. The van der Waals surface area contributed by atoms with Crippen LogP contribution in [0, 0.1) is 0 Å². The third kappa shape index (κ3) is 1.82. The minimum atomic E-state index is -0.383. The summed E-state index contributed by atoms with van der Waals surface area (Å²) in [5.41, 5.74) is 2.21. The van der Waals surface area contributed by atoms with Gasteiger partial charge in [0.15, 0.2) is 0 Å². The van der Waals surface area contributed by atoms with E-state index in [-0.39, 0.29) is 5.24 Å². The Labute approximate surface area is 88.6 Å². The van der Waals surface area contributed by atoms with Crippen molar-refractivity contribution in [2.45, 2.75) is 0 Å². The Kier molecular flexibility index (Phi) is 2.49. The van der Waals surface area contributed by atoms with Gasteiger partial charge < -0.3 is 0 Å². The molecule has 0 fully saturated rings. The molecule has 0 atom stereocenters. The van der Waals surface area contributed by atoms with E-state index in [1.807, 2.05) is 28.3 Å². The lowest BCUT2D eigenvalue weighted by molar-refractivity contribution is 0.108. The summed E-state index contributed by atoms with van der Waals surface area (Å²) in [6.45, 7) is 0. The van der Waals surface area contributed by atoms with Gasteiger partial charge in [0.1, 0.15) is 0 Å². The number of halogens is 1. The zero-order valence-corrected chi connectivity index (χ0v) is 8.88. The molecule has 0 aliphatic heterocycles. The van der Waals surface area contributed by atoms with Gasteiger partial charge in [-0.15, -0.1) is 11.3 Å². The number of hydrogen-bond donors (Lipinski definition) is 0. The summed E-state index contributed by atoms with van der Waals surface area (Å²) < 4.78 is 0. The third-order valence-electron chi connectivity index (χ3n) is 1.65. The van der Waals surface area contributed by atoms with Crippen molar-refractivity contribution in [1.82, 2.24) is 0 Å². The lowest BCUT2D eigenvalue weighted by Crippen LogP contribution is -1.79. The molecule has 2 aromatic rings. The van der Waals surface area contributed by atoms with Crippen LogP contribution in [0.5, 0.6) is 0 Å². The van der Waals surface area contributed by atoms with Crippen molar-refractivity contribution in [2.24, 2.45) is 0 Å². The van der Waals surface area contributed by atoms with Gasteiger partial charge in [0.05, 0.1) is 4.88 Å². The van der Waals surface area contributed by atoms with Crippen LogP contribution in [0.15, 0.2) is 28.3 Å². The smallest absolute Gasteiger partial charge is 0.262 e. The first-order valence-corrected chi connectivity index (χ1v) is 5.78. The molecule has 66 valence electrons. The predicted octanol–water partition coefficient (Wildman–Crippen LogP) is 3.86. The van der Waals surface area contributed by atoms with E-state index in [2.05, 4.69) is 0 Å². The van der Waals surface area contributed by atoms with E-state index in [0.717, 1.165) is 11.1 Å². The first-order chi connectivity index (χ1) is 6.27. The Balaban J connectivity index is 2.39. The molecular formula is C9H5ClOS2. The summed E-state index contributed by atoms with van der Waals surface area (Å²) in [5.74, 6) is 0. The number of carbonyl (C=O) groups excluding carboxylic acids is 1. The second-order valence-corrected chi connectivity index (χ2v) is 4.52. The standard InChI is InChI=1S/C9H5ClOS2/c10-9(11)8-3-7(5-13-8)6-1-2-12-4-6/h1-5H. The second kappa shape index (κ2) is 3.62. The highest BCUT2D eigenvalue weighted by Crippen LogP contribution is 2.27. The summed E-state index contributed by atoms with van der Waals surface area (Å²) in [4.78, 5) is 11.4. The van der Waals surface area contributed by atoms with Gasteiger partial charge in [-0.1, -0.05) is 0 Å². The van der Waals surface area contributed by atoms with Gasteiger partial charge in [-0.2, -0.15) is 11.3 Å². The van der Waals surface area contributed by atoms with Crippen LogP contribution < -0.4 is 0 Å². The molecule has 0 radical (unpaired) electrons. The maximum atomic E-state index is 10.8. The molecule has 0 saturated heterocycles. The van der Waals surface area contributed by atoms with Gasteiger partial charge in [0.2, 0.25) is 0 Å². The SMILES string of the molecule is O=C(Cl)c1cc(-c2ccsc2)cs1. The summed E-state index contributed by atoms with van der Waals surface area (Å²) >= 11 is 8.37. The fourth-order valence-corrected chi connectivity index (χ4v) is 2.62. The van der Waals surface area contributed by atoms with Crippen LogP contribution in [-0.2, 0) is 0 Å². The van der Waals surface area contributed by atoms with E-state index in [1.165, 1.54) is 11.3 Å². The first kappa shape index (κ1) is 8.94. The normalized spacial score (nSPS) is 10.2. The number of rotatable bonds is 2. The molecule has 0 N–H and O–H groups in total. The van der Waals surface area contributed by atoms with Crippen LogP contribution >= 0.6 is 34.3 Å². The molecule has 0 aliphatic carbocycles. The maximum absolute atomic E-state index is 10.8. The number of carbonyl (C=O) groups is 1. The summed E-state index contributed by atoms with van der Waals surface area (Å²) in [7, 11) is 0. The molecule has 4 heteroatoms. The van der Waals surface area contributed by atoms with Crippen molar-refractivity contribution >= 4 is 39.5 Å². The molecule has 0 unspecified atom stereocenters. The monoisotopic (exact) mass is 228 g/mol. The number of hydrogen-bond acceptors (Lipinski definition) is 3. The van der Waals surface area contributed by atoms with E-state index in [9.17, 15) is 4.79 Å². The first-order valence-electron chi connectivity index (χ1n) is 3.58. The largest absolute Gasteiger partial charge is 0.275 e. The minimum absolute atomic E-state index is 0.383. The van der Waals surface area contributed by atoms with E-state index < -0.39 is 0 Å². The van der Waals surface area contributed by atoms with Crippen molar-refractivity contribution in [1.29, 1.82) is 0 Å². The molecule has 2 aromatic heterocycles. The van der Waals surface area contributed by atoms with Crippen LogP contribution in [-0.4, -0.2) is 5.24 Å². The van der Waals surface area contributed by atoms with E-state index in [4.69, 9.17) is 11.6 Å². The summed E-state index contributed by atoms with van der Waals surface area (Å²) in [6, 6.07) is 3.84. The fraction of sp³-hybridized carbons (Fsp3) is 0. The average Bonchev–Trinajstić information content (AvgIpc) is 2.75. The quantitative estimate of drug-likeness (QED) is 0.714. The molecule has 0 aromatic carbocycles. The highest BCUT2D eigenvalue weighted by molar-refractivity contribution is 7.14. The third-order valence-corrected chi connectivity index (χ3v) is 3.58. The van der Waals surface area contributed by atoms with Gasteiger partial charge in [-0.25, -0.2) is 0 Å². The van der Waals surface area contributed by atoms with Crippen molar-refractivity contribution in [2.75, 3.05) is 0 Å². The molecule has 13 heavy (non-hydrogen) atoms. The van der Waals surface area contributed by atoms with Gasteiger partial charge in [0, 0.05) is 0 Å². The molecule has 0 spiro atoms. The zero-order chi connectivity index (χ0) is 9.26. The van der Waals surface area contributed by atoms with Crippen LogP contribution in [0.1, 0.15) is 9.67 Å². The van der Waals surface area contributed by atoms with E-state index >= 15 is 0 Å². The Morgan fingerprint density at radius 3 is 2.69 bits per heavy atom. The lowest BCUT2D eigenvalue weighted by atomic mass is 10.2. The van der Waals surface area contributed by atoms with Crippen molar-refractivity contribution < 1.29 is 4.79 Å². The predicted molar refractivity (Wildman–Crippen MR) is 57.8 cm³/mol. The van der Waals surface area contributed by atoms with Crippen molar-refractivity contribution in [3.05, 3.63) is 33.2 Å². The average molecular weight is 229 g/mol. The van der Waals surface area contributed by atoms with Crippen LogP contribution in [0.4, 0.5) is 0 Å². The molecule has 2 heterocycles. The lowest BCUT2D eigenvalue weighted by Gasteiger charge is -1.87. The fourth-order valence-electron chi connectivity index (χ4n) is 1.02. The van der Waals surface area contributed by atoms with Gasteiger partial charge in [0.25, 0.3) is 5.24 Å². The number of thiophene rings is 2. The molecule has 0 bridgehead atoms. The van der Waals surface area contributed by atoms with Crippen molar-refractivity contribution in [3.8, 4) is 11.1 Å². The maximum Gasteiger partial charge on any atom is 0.262 e. The highest BCUT2D eigenvalue weighted by atomic mass is 35.5. The molecule has 0 aliphatic rings. The minimum Gasteiger partial charge on any atom is -0.275 e. The molecule has 2 rings (SSSR count). The Morgan fingerprint density at radius 2 is 2.15 bits per heavy atom. The summed E-state index contributed by atoms with van der Waals surface area (Å²) in [5, 5.41) is 5.61. The highest BCUT2D eigenvalue weighted by Gasteiger charge is 2.07. The van der Waals surface area contributed by atoms with Crippen LogP contribution in [0.3, 0.4) is 0 Å². The van der Waals surface area contributed by atoms with Gasteiger partial charge in [-0.05, 0) is 51.0 Å². The van der Waals surface area contributed by atoms with Crippen LogP contribution in [0.2, 0.25) is 0 Å². The van der Waals surface area contributed by atoms with E-state index in [0.29, 0.717) is 4.88 Å². The Hall–Kier alpha value is -0.640. The van der Waals surface area contributed by atoms with Crippen LogP contribution in [0.25, 0.3) is 11.1 Å². The molecular weight excluding hydrogens is 224 g/mol. The molecule has 1 nitrogen and oxygen atoms in total.